The molecule has 8 heteroatoms. The summed E-state index contributed by atoms with van der Waals surface area (Å²) < 4.78 is 18.4. The largest absolute Gasteiger partial charge is 0.433 e. The van der Waals surface area contributed by atoms with Crippen LogP contribution in [-0.4, -0.2) is 31.3 Å². The Bertz CT molecular complexity index is 497. The van der Waals surface area contributed by atoms with E-state index in [1.165, 1.54) is 0 Å². The maximum absolute atomic E-state index is 12.9. The fourth-order valence-electron chi connectivity index (χ4n) is 1.68. The van der Waals surface area contributed by atoms with Crippen LogP contribution in [0.3, 0.4) is 0 Å². The molecule has 7 nitrogen and oxygen atoms in total. The Morgan fingerprint density at radius 2 is 2.00 bits per heavy atom. The molecular formula is C14H23N2O5P. The first-order valence-electron chi connectivity index (χ1n) is 7.19. The summed E-state index contributed by atoms with van der Waals surface area (Å²) in [6, 6.07) is 7.93. The molecule has 1 rings (SSSR count). The van der Waals surface area contributed by atoms with Gasteiger partial charge in [0.25, 0.3) is 0 Å². The van der Waals surface area contributed by atoms with Crippen LogP contribution in [0.1, 0.15) is 20.3 Å². The van der Waals surface area contributed by atoms with Crippen LogP contribution in [0.15, 0.2) is 30.3 Å². The monoisotopic (exact) mass is 330 g/mol. The zero-order valence-electron chi connectivity index (χ0n) is 12.9. The number of nitrogens with one attached hydrogen (secondary N) is 1. The summed E-state index contributed by atoms with van der Waals surface area (Å²) in [5, 5.41) is 2.74. The molecule has 1 aromatic rings. The lowest BCUT2D eigenvalue weighted by Gasteiger charge is -2.24. The van der Waals surface area contributed by atoms with Crippen molar-refractivity contribution in [2.75, 3.05) is 19.3 Å². The zero-order valence-corrected chi connectivity index (χ0v) is 13.8. The number of carbonyl (C=O) groups is 1. The maximum Gasteiger partial charge on any atom is 0.359 e. The van der Waals surface area contributed by atoms with Crippen LogP contribution in [0.2, 0.25) is 0 Å². The number of rotatable bonds is 10. The maximum atomic E-state index is 12.9. The van der Waals surface area contributed by atoms with E-state index in [0.29, 0.717) is 12.2 Å². The third-order valence-electron chi connectivity index (χ3n) is 2.72. The molecule has 1 aromatic carbocycles. The van der Waals surface area contributed by atoms with Crippen LogP contribution in [-0.2, 0) is 19.1 Å². The smallest absolute Gasteiger partial charge is 0.359 e. The van der Waals surface area contributed by atoms with Gasteiger partial charge in [0.15, 0.2) is 0 Å². The second-order valence-corrected chi connectivity index (χ2v) is 6.72. The third-order valence-corrected chi connectivity index (χ3v) is 4.78. The SMILES string of the molecule is CCOOC(=O)[C@H](CC)NP(=O)(CCN)Oc1ccccc1. The first-order valence-corrected chi connectivity index (χ1v) is 9.00. The molecule has 0 aliphatic carbocycles. The van der Waals surface area contributed by atoms with Gasteiger partial charge in [0.05, 0.1) is 12.8 Å². The fourth-order valence-corrected chi connectivity index (χ4v) is 3.52. The molecule has 0 aliphatic rings. The van der Waals surface area contributed by atoms with Crippen LogP contribution in [0.4, 0.5) is 0 Å². The minimum atomic E-state index is -3.33. The predicted molar refractivity (Wildman–Crippen MR) is 83.5 cm³/mol. The number of carbonyl (C=O) groups excluding carboxylic acids is 1. The number of hydrogen-bond acceptors (Lipinski definition) is 6. The van der Waals surface area contributed by atoms with E-state index in [0.717, 1.165) is 0 Å². The Kier molecular flexibility index (Phi) is 8.12. The summed E-state index contributed by atoms with van der Waals surface area (Å²) in [4.78, 5) is 21.1. The average molecular weight is 330 g/mol. The summed E-state index contributed by atoms with van der Waals surface area (Å²) in [5.74, 6) is -0.196. The van der Waals surface area contributed by atoms with Crippen LogP contribution in [0.25, 0.3) is 0 Å². The van der Waals surface area contributed by atoms with Crippen molar-refractivity contribution in [2.45, 2.75) is 26.3 Å². The van der Waals surface area contributed by atoms with Crippen LogP contribution in [0, 0.1) is 0 Å². The standard InChI is InChI=1S/C14H23N2O5P/c1-3-13(14(17)20-19-4-2)16-22(18,11-10-15)21-12-8-6-5-7-9-12/h5-9,13H,3-4,10-11,15H2,1-2H3,(H,16,18)/t13-,22?/m0/s1. The van der Waals surface area contributed by atoms with Crippen LogP contribution < -0.4 is 15.3 Å². The van der Waals surface area contributed by atoms with Gasteiger partial charge in [0.1, 0.15) is 11.8 Å². The van der Waals surface area contributed by atoms with Crippen molar-refractivity contribution in [3.8, 4) is 5.75 Å². The molecule has 22 heavy (non-hydrogen) atoms. The topological polar surface area (TPSA) is 99.9 Å². The first kappa shape index (κ1) is 18.6. The van der Waals surface area contributed by atoms with Gasteiger partial charge in [-0.25, -0.2) is 9.88 Å². The lowest BCUT2D eigenvalue weighted by Crippen LogP contribution is -2.38. The van der Waals surface area contributed by atoms with Gasteiger partial charge in [-0.2, -0.15) is 4.89 Å². The highest BCUT2D eigenvalue weighted by molar-refractivity contribution is 7.57. The Hall–Kier alpha value is -1.40. The molecule has 124 valence electrons. The molecule has 0 aliphatic heterocycles. The second-order valence-electron chi connectivity index (χ2n) is 4.49. The molecule has 0 saturated carbocycles. The van der Waals surface area contributed by atoms with Crippen molar-refractivity contribution in [1.82, 2.24) is 5.09 Å². The molecule has 2 atom stereocenters. The van der Waals surface area contributed by atoms with E-state index >= 15 is 0 Å². The van der Waals surface area contributed by atoms with Gasteiger partial charge < -0.3 is 10.3 Å². The van der Waals surface area contributed by atoms with E-state index in [9.17, 15) is 9.36 Å². The summed E-state index contributed by atoms with van der Waals surface area (Å²) in [6.07, 6.45) is 0.471. The molecule has 0 amide bonds. The molecule has 1 unspecified atom stereocenters. The van der Waals surface area contributed by atoms with Gasteiger partial charge in [-0.3, -0.25) is 9.45 Å². The number of hydrogen-bond donors (Lipinski definition) is 2. The summed E-state index contributed by atoms with van der Waals surface area (Å²) >= 11 is 0. The molecule has 0 aromatic heterocycles. The number of nitrogens with two attached hydrogens (primary N) is 1. The Morgan fingerprint density at radius 1 is 1.32 bits per heavy atom. The van der Waals surface area contributed by atoms with Crippen LogP contribution in [0.5, 0.6) is 5.75 Å². The van der Waals surface area contributed by atoms with Gasteiger partial charge in [-0.15, -0.1) is 0 Å². The highest BCUT2D eigenvalue weighted by atomic mass is 31.2. The molecular weight excluding hydrogens is 307 g/mol. The van der Waals surface area contributed by atoms with E-state index < -0.39 is 19.5 Å². The van der Waals surface area contributed by atoms with Crippen molar-refractivity contribution >= 4 is 13.5 Å². The lowest BCUT2D eigenvalue weighted by molar-refractivity contribution is -0.271. The van der Waals surface area contributed by atoms with Gasteiger partial charge in [0.2, 0.25) is 0 Å². The first-order chi connectivity index (χ1) is 10.5. The highest BCUT2D eigenvalue weighted by Gasteiger charge is 2.31. The summed E-state index contributed by atoms with van der Waals surface area (Å²) in [5.41, 5.74) is 5.51. The summed E-state index contributed by atoms with van der Waals surface area (Å²) in [6.45, 7) is 3.86. The Labute approximate surface area is 130 Å². The minimum absolute atomic E-state index is 0.0975. The van der Waals surface area contributed by atoms with E-state index in [1.54, 1.807) is 38.1 Å². The second kappa shape index (κ2) is 9.58. The van der Waals surface area contributed by atoms with Crippen molar-refractivity contribution < 1.29 is 23.7 Å². The van der Waals surface area contributed by atoms with Gasteiger partial charge in [0, 0.05) is 6.54 Å². The lowest BCUT2D eigenvalue weighted by atomic mass is 10.2. The van der Waals surface area contributed by atoms with Gasteiger partial charge in [-0.05, 0) is 25.5 Å². The predicted octanol–water partition coefficient (Wildman–Crippen LogP) is 2.08. The average Bonchev–Trinajstić information content (AvgIpc) is 2.51. The third kappa shape index (κ3) is 6.15. The highest BCUT2D eigenvalue weighted by Crippen LogP contribution is 2.43. The Morgan fingerprint density at radius 3 is 2.55 bits per heavy atom. The summed E-state index contributed by atoms with van der Waals surface area (Å²) in [7, 11) is -3.33. The van der Waals surface area contributed by atoms with Crippen molar-refractivity contribution in [2.24, 2.45) is 5.73 Å². The van der Waals surface area contributed by atoms with Crippen molar-refractivity contribution in [1.29, 1.82) is 0 Å². The quantitative estimate of drug-likeness (QED) is 0.385. The van der Waals surface area contributed by atoms with Gasteiger partial charge >= 0.3 is 13.5 Å². The minimum Gasteiger partial charge on any atom is -0.433 e. The van der Waals surface area contributed by atoms with E-state index in [4.69, 9.17) is 10.3 Å². The zero-order chi connectivity index (χ0) is 16.4. The fraction of sp³-hybridized carbons (Fsp3) is 0.500. The normalized spacial score (nSPS) is 14.9. The van der Waals surface area contributed by atoms with Crippen LogP contribution >= 0.6 is 7.52 Å². The molecule has 0 spiro atoms. The van der Waals surface area contributed by atoms with E-state index in [1.807, 2.05) is 6.07 Å². The van der Waals surface area contributed by atoms with Crippen molar-refractivity contribution in [3.63, 3.8) is 0 Å². The van der Waals surface area contributed by atoms with E-state index in [2.05, 4.69) is 14.9 Å². The molecule has 3 N–H and O–H groups in total. The Balaban J connectivity index is 2.79. The molecule has 0 heterocycles. The van der Waals surface area contributed by atoms with Crippen molar-refractivity contribution in [3.05, 3.63) is 30.3 Å². The van der Waals surface area contributed by atoms with Gasteiger partial charge in [-0.1, -0.05) is 25.1 Å². The molecule has 0 radical (unpaired) electrons. The van der Waals surface area contributed by atoms with E-state index in [-0.39, 0.29) is 19.3 Å². The molecule has 0 saturated heterocycles. The molecule has 0 fully saturated rings. The number of para-hydroxylation sites is 1. The number of benzene rings is 1. The molecule has 0 bridgehead atoms.